The van der Waals surface area contributed by atoms with E-state index < -0.39 is 16.4 Å². The van der Waals surface area contributed by atoms with Crippen LogP contribution in [0.5, 0.6) is 5.75 Å². The summed E-state index contributed by atoms with van der Waals surface area (Å²) in [6, 6.07) is 9.52. The predicted octanol–water partition coefficient (Wildman–Crippen LogP) is 4.55. The third kappa shape index (κ3) is 3.32. The number of rotatable bonds is 5. The molecule has 4 rings (SSSR count). The molecule has 0 fully saturated rings. The van der Waals surface area contributed by atoms with Gasteiger partial charge in [-0.2, -0.15) is 4.39 Å². The number of aromatic nitrogens is 3. The minimum atomic E-state index is -0.986. The Hall–Kier alpha value is -3.66. The van der Waals surface area contributed by atoms with Crippen molar-refractivity contribution in [2.24, 2.45) is 0 Å². The van der Waals surface area contributed by atoms with Crippen LogP contribution in [0.1, 0.15) is 0 Å². The molecule has 8 nitrogen and oxygen atoms in total. The van der Waals surface area contributed by atoms with Gasteiger partial charge in [0.05, 0.1) is 39.1 Å². The second-order valence-corrected chi connectivity index (χ2v) is 6.57. The van der Waals surface area contributed by atoms with Crippen LogP contribution in [-0.2, 0) is 0 Å². The van der Waals surface area contributed by atoms with Crippen LogP contribution in [0.15, 0.2) is 48.1 Å². The zero-order chi connectivity index (χ0) is 19.7. The third-order valence-corrected chi connectivity index (χ3v) is 4.79. The predicted molar refractivity (Wildman–Crippen MR) is 104 cm³/mol. The molecule has 0 aliphatic rings. The van der Waals surface area contributed by atoms with Gasteiger partial charge < -0.3 is 10.1 Å². The van der Waals surface area contributed by atoms with Crippen molar-refractivity contribution in [1.29, 1.82) is 0 Å². The molecule has 0 radical (unpaired) electrons. The van der Waals surface area contributed by atoms with Crippen molar-refractivity contribution in [3.8, 4) is 17.0 Å². The molecule has 1 N–H and O–H groups in total. The highest BCUT2D eigenvalue weighted by Gasteiger charge is 2.19. The van der Waals surface area contributed by atoms with Crippen LogP contribution in [-0.4, -0.2) is 27.0 Å². The molecule has 0 bridgehead atoms. The van der Waals surface area contributed by atoms with E-state index in [9.17, 15) is 14.5 Å². The molecule has 140 valence electrons. The first-order valence-corrected chi connectivity index (χ1v) is 8.89. The van der Waals surface area contributed by atoms with Crippen LogP contribution in [0.4, 0.5) is 21.7 Å². The van der Waals surface area contributed by atoms with Gasteiger partial charge in [0.25, 0.3) is 0 Å². The maximum atomic E-state index is 13.8. The Morgan fingerprint density at radius 1 is 1.21 bits per heavy atom. The number of hydrogen-bond donors (Lipinski definition) is 1. The van der Waals surface area contributed by atoms with E-state index in [1.54, 1.807) is 17.8 Å². The highest BCUT2D eigenvalue weighted by atomic mass is 32.1. The van der Waals surface area contributed by atoms with E-state index in [4.69, 9.17) is 4.74 Å². The monoisotopic (exact) mass is 397 g/mol. The molecule has 10 heteroatoms. The highest BCUT2D eigenvalue weighted by molar-refractivity contribution is 7.16. The maximum Gasteiger partial charge on any atom is 0.307 e. The normalized spacial score (nSPS) is 10.8. The van der Waals surface area contributed by atoms with Crippen molar-refractivity contribution >= 4 is 38.9 Å². The Balaban J connectivity index is 1.70. The number of nitrogens with one attached hydrogen (secondary N) is 1. The van der Waals surface area contributed by atoms with Crippen LogP contribution in [0.3, 0.4) is 0 Å². The fraction of sp³-hybridized carbons (Fsp3) is 0.0556. The fourth-order valence-electron chi connectivity index (χ4n) is 2.66. The molecule has 0 saturated heterocycles. The molecule has 28 heavy (non-hydrogen) atoms. The summed E-state index contributed by atoms with van der Waals surface area (Å²) in [6.45, 7) is 0. The van der Waals surface area contributed by atoms with E-state index in [0.29, 0.717) is 5.69 Å². The SMILES string of the molecule is COc1cc(F)c([N+](=O)[O-])cc1Nc1nccc(-c2ccc3ncsc3c2)n1. The highest BCUT2D eigenvalue weighted by Crippen LogP contribution is 2.33. The summed E-state index contributed by atoms with van der Waals surface area (Å²) < 4.78 is 19.9. The smallest absolute Gasteiger partial charge is 0.307 e. The molecule has 2 aromatic carbocycles. The molecule has 2 aromatic heterocycles. The van der Waals surface area contributed by atoms with Crippen LogP contribution in [0.2, 0.25) is 0 Å². The van der Waals surface area contributed by atoms with E-state index in [-0.39, 0.29) is 17.4 Å². The molecule has 2 heterocycles. The van der Waals surface area contributed by atoms with Crippen LogP contribution in [0, 0.1) is 15.9 Å². The minimum Gasteiger partial charge on any atom is -0.494 e. The Bertz CT molecular complexity index is 1200. The molecular formula is C18H12FN5O3S. The van der Waals surface area contributed by atoms with Gasteiger partial charge in [-0.05, 0) is 18.2 Å². The summed E-state index contributed by atoms with van der Waals surface area (Å²) in [4.78, 5) is 23.0. The van der Waals surface area contributed by atoms with E-state index in [0.717, 1.165) is 27.9 Å². The van der Waals surface area contributed by atoms with Gasteiger partial charge in [-0.15, -0.1) is 11.3 Å². The van der Waals surface area contributed by atoms with Gasteiger partial charge in [0.2, 0.25) is 11.8 Å². The standard InChI is InChI=1S/C18H12FN5O3S/c1-27-16-7-11(19)15(24(25)26)8-14(16)23-18-20-5-4-12(22-18)10-2-3-13-17(6-10)28-9-21-13/h2-9H,1H3,(H,20,22,23). The van der Waals surface area contributed by atoms with Gasteiger partial charge in [0, 0.05) is 23.9 Å². The summed E-state index contributed by atoms with van der Waals surface area (Å²) >= 11 is 1.53. The number of methoxy groups -OCH3 is 1. The number of nitrogens with zero attached hydrogens (tertiary/aromatic N) is 4. The number of fused-ring (bicyclic) bond motifs is 1. The number of hydrogen-bond acceptors (Lipinski definition) is 8. The molecular weight excluding hydrogens is 385 g/mol. The summed E-state index contributed by atoms with van der Waals surface area (Å²) in [6.07, 6.45) is 1.56. The van der Waals surface area contributed by atoms with Crippen LogP contribution < -0.4 is 10.1 Å². The number of halogens is 1. The Kier molecular flexibility index (Phi) is 4.53. The molecule has 0 unspecified atom stereocenters. The minimum absolute atomic E-state index is 0.100. The maximum absolute atomic E-state index is 13.8. The summed E-state index contributed by atoms with van der Waals surface area (Å²) in [5, 5.41) is 13.9. The van der Waals surface area contributed by atoms with E-state index >= 15 is 0 Å². The van der Waals surface area contributed by atoms with Crippen molar-refractivity contribution in [2.75, 3.05) is 12.4 Å². The van der Waals surface area contributed by atoms with Crippen molar-refractivity contribution in [2.45, 2.75) is 0 Å². The molecule has 0 spiro atoms. The fourth-order valence-corrected chi connectivity index (χ4v) is 3.38. The number of nitro benzene ring substituents is 1. The summed E-state index contributed by atoms with van der Waals surface area (Å²) in [7, 11) is 1.34. The molecule has 0 aliphatic carbocycles. The first-order chi connectivity index (χ1) is 13.5. The average Bonchev–Trinajstić information content (AvgIpc) is 3.17. The van der Waals surface area contributed by atoms with Crippen molar-refractivity contribution in [3.05, 3.63) is 64.0 Å². The van der Waals surface area contributed by atoms with Crippen LogP contribution >= 0.6 is 11.3 Å². The molecule has 0 amide bonds. The molecule has 0 atom stereocenters. The van der Waals surface area contributed by atoms with Crippen LogP contribution in [0.25, 0.3) is 21.5 Å². The molecule has 4 aromatic rings. The topological polar surface area (TPSA) is 103 Å². The Labute approximate surface area is 161 Å². The van der Waals surface area contributed by atoms with Crippen molar-refractivity contribution in [3.63, 3.8) is 0 Å². The third-order valence-electron chi connectivity index (χ3n) is 3.99. The Morgan fingerprint density at radius 3 is 2.86 bits per heavy atom. The van der Waals surface area contributed by atoms with Gasteiger partial charge in [0.15, 0.2) is 0 Å². The van der Waals surface area contributed by atoms with Gasteiger partial charge in [-0.25, -0.2) is 15.0 Å². The van der Waals surface area contributed by atoms with Gasteiger partial charge in [-0.1, -0.05) is 6.07 Å². The number of thiazole rings is 1. The zero-order valence-corrected chi connectivity index (χ0v) is 15.2. The van der Waals surface area contributed by atoms with Crippen molar-refractivity contribution in [1.82, 2.24) is 15.0 Å². The first-order valence-electron chi connectivity index (χ1n) is 8.01. The number of anilines is 2. The lowest BCUT2D eigenvalue weighted by atomic mass is 10.1. The van der Waals surface area contributed by atoms with Crippen molar-refractivity contribution < 1.29 is 14.1 Å². The average molecular weight is 397 g/mol. The van der Waals surface area contributed by atoms with E-state index in [1.165, 1.54) is 18.4 Å². The number of benzene rings is 2. The largest absolute Gasteiger partial charge is 0.494 e. The number of ether oxygens (including phenoxy) is 1. The molecule has 0 saturated carbocycles. The van der Waals surface area contributed by atoms with Gasteiger partial charge in [0.1, 0.15) is 5.75 Å². The first kappa shape index (κ1) is 17.7. The second kappa shape index (κ2) is 7.16. The van der Waals surface area contributed by atoms with Gasteiger partial charge in [-0.3, -0.25) is 10.1 Å². The van der Waals surface area contributed by atoms with E-state index in [1.807, 2.05) is 18.2 Å². The summed E-state index contributed by atoms with van der Waals surface area (Å²) in [5.41, 5.74) is 3.72. The second-order valence-electron chi connectivity index (χ2n) is 5.69. The zero-order valence-electron chi connectivity index (χ0n) is 14.4. The summed E-state index contributed by atoms with van der Waals surface area (Å²) in [5.74, 6) is -0.691. The van der Waals surface area contributed by atoms with Gasteiger partial charge >= 0.3 is 5.69 Å². The lowest BCUT2D eigenvalue weighted by Gasteiger charge is -2.11. The quantitative estimate of drug-likeness (QED) is 0.389. The lowest BCUT2D eigenvalue weighted by Crippen LogP contribution is -2.02. The Morgan fingerprint density at radius 2 is 2.07 bits per heavy atom. The van der Waals surface area contributed by atoms with E-state index in [2.05, 4.69) is 20.3 Å². The molecule has 0 aliphatic heterocycles. The lowest BCUT2D eigenvalue weighted by molar-refractivity contribution is -0.387. The number of nitro groups is 1.